The number of halogens is 3. The van der Waals surface area contributed by atoms with Gasteiger partial charge >= 0.3 is 6.18 Å². The van der Waals surface area contributed by atoms with Gasteiger partial charge in [0.1, 0.15) is 11.4 Å². The number of imidazole rings is 1. The zero-order chi connectivity index (χ0) is 25.1. The van der Waals surface area contributed by atoms with Crippen molar-refractivity contribution in [1.29, 1.82) is 0 Å². The zero-order valence-electron chi connectivity index (χ0n) is 19.7. The molecule has 9 heteroatoms. The van der Waals surface area contributed by atoms with E-state index in [1.54, 1.807) is 18.3 Å². The molecule has 4 heterocycles. The Labute approximate surface area is 206 Å². The Morgan fingerprint density at radius 2 is 1.78 bits per heavy atom. The van der Waals surface area contributed by atoms with Crippen LogP contribution in [0.1, 0.15) is 37.7 Å². The van der Waals surface area contributed by atoms with Crippen molar-refractivity contribution < 1.29 is 18.0 Å². The standard InChI is InChI=1S/C27H26F3N5O/c28-27(29,30)11-9-22(36)16-19-5-4-6-21(15-19)24-18-31-26-17-20(10-14-35(24)26)23-7-8-25(33-32-23)34-12-2-1-3-13-34/h4-8,10,14-15,17-18H,1-3,9,11-13,16H2. The van der Waals surface area contributed by atoms with Gasteiger partial charge in [-0.3, -0.25) is 9.20 Å². The molecule has 3 aromatic heterocycles. The van der Waals surface area contributed by atoms with E-state index in [1.807, 2.05) is 47.0 Å². The number of carbonyl (C=O) groups is 1. The maximum Gasteiger partial charge on any atom is 0.389 e. The van der Waals surface area contributed by atoms with Crippen LogP contribution >= 0.6 is 0 Å². The lowest BCUT2D eigenvalue weighted by Gasteiger charge is -2.27. The second kappa shape index (κ2) is 10.1. The molecular weight excluding hydrogens is 467 g/mol. The van der Waals surface area contributed by atoms with E-state index in [2.05, 4.69) is 20.1 Å². The van der Waals surface area contributed by atoms with Crippen LogP contribution in [0, 0.1) is 0 Å². The molecule has 0 unspecified atom stereocenters. The third kappa shape index (κ3) is 5.56. The fraction of sp³-hybridized carbons (Fsp3) is 0.333. The average Bonchev–Trinajstić information content (AvgIpc) is 3.31. The molecule has 1 fully saturated rings. The number of alkyl halides is 3. The summed E-state index contributed by atoms with van der Waals surface area (Å²) in [5, 5.41) is 8.86. The molecule has 0 spiro atoms. The summed E-state index contributed by atoms with van der Waals surface area (Å²) in [6.07, 6.45) is 1.33. The van der Waals surface area contributed by atoms with Gasteiger partial charge < -0.3 is 4.90 Å². The van der Waals surface area contributed by atoms with Gasteiger partial charge in [0.05, 0.1) is 24.0 Å². The van der Waals surface area contributed by atoms with Crippen LogP contribution in [0.3, 0.4) is 0 Å². The highest BCUT2D eigenvalue weighted by Gasteiger charge is 2.27. The van der Waals surface area contributed by atoms with Crippen molar-refractivity contribution in [3.63, 3.8) is 0 Å². The van der Waals surface area contributed by atoms with Crippen LogP contribution in [0.15, 0.2) is 60.9 Å². The zero-order valence-corrected chi connectivity index (χ0v) is 19.7. The van der Waals surface area contributed by atoms with E-state index in [0.717, 1.165) is 47.1 Å². The van der Waals surface area contributed by atoms with Crippen molar-refractivity contribution in [2.45, 2.75) is 44.7 Å². The van der Waals surface area contributed by atoms with Crippen LogP contribution in [0.2, 0.25) is 0 Å². The molecule has 0 radical (unpaired) electrons. The molecule has 36 heavy (non-hydrogen) atoms. The molecular formula is C27H26F3N5O. The summed E-state index contributed by atoms with van der Waals surface area (Å²) >= 11 is 0. The number of rotatable bonds is 7. The third-order valence-corrected chi connectivity index (χ3v) is 6.45. The Morgan fingerprint density at radius 3 is 2.53 bits per heavy atom. The minimum Gasteiger partial charge on any atom is -0.355 e. The highest BCUT2D eigenvalue weighted by atomic mass is 19.4. The maximum absolute atomic E-state index is 12.4. The molecule has 0 amide bonds. The Balaban J connectivity index is 1.33. The van der Waals surface area contributed by atoms with Gasteiger partial charge in [-0.2, -0.15) is 13.2 Å². The summed E-state index contributed by atoms with van der Waals surface area (Å²) in [7, 11) is 0. The lowest BCUT2D eigenvalue weighted by atomic mass is 10.0. The van der Waals surface area contributed by atoms with Crippen LogP contribution < -0.4 is 4.90 Å². The third-order valence-electron chi connectivity index (χ3n) is 6.45. The van der Waals surface area contributed by atoms with Gasteiger partial charge in [0.15, 0.2) is 5.82 Å². The van der Waals surface area contributed by atoms with Crippen LogP contribution in [-0.4, -0.2) is 44.6 Å². The second-order valence-corrected chi connectivity index (χ2v) is 9.14. The number of hydrogen-bond acceptors (Lipinski definition) is 5. The normalized spacial score (nSPS) is 14.4. The Kier molecular flexibility index (Phi) is 6.71. The molecule has 1 saturated heterocycles. The topological polar surface area (TPSA) is 63.4 Å². The highest BCUT2D eigenvalue weighted by Crippen LogP contribution is 2.27. The molecule has 0 atom stereocenters. The Morgan fingerprint density at radius 1 is 0.944 bits per heavy atom. The van der Waals surface area contributed by atoms with Crippen molar-refractivity contribution in [3.8, 4) is 22.5 Å². The summed E-state index contributed by atoms with van der Waals surface area (Å²) < 4.78 is 39.2. The van der Waals surface area contributed by atoms with E-state index >= 15 is 0 Å². The molecule has 1 aliphatic heterocycles. The van der Waals surface area contributed by atoms with E-state index in [-0.39, 0.29) is 6.42 Å². The average molecular weight is 494 g/mol. The lowest BCUT2D eigenvalue weighted by Crippen LogP contribution is -2.30. The van der Waals surface area contributed by atoms with Crippen LogP contribution in [-0.2, 0) is 11.2 Å². The first-order valence-corrected chi connectivity index (χ1v) is 12.1. The molecule has 4 aromatic rings. The van der Waals surface area contributed by atoms with Gasteiger partial charge in [-0.1, -0.05) is 18.2 Å². The van der Waals surface area contributed by atoms with Crippen molar-refractivity contribution in [2.75, 3.05) is 18.0 Å². The van der Waals surface area contributed by atoms with Crippen molar-refractivity contribution in [3.05, 3.63) is 66.5 Å². The second-order valence-electron chi connectivity index (χ2n) is 9.14. The SMILES string of the molecule is O=C(CCC(F)(F)F)Cc1cccc(-c2cnc3cc(-c4ccc(N5CCCCC5)nn4)ccn23)c1. The summed E-state index contributed by atoms with van der Waals surface area (Å²) in [4.78, 5) is 18.8. The molecule has 6 nitrogen and oxygen atoms in total. The molecule has 0 bridgehead atoms. The predicted molar refractivity (Wildman–Crippen MR) is 132 cm³/mol. The number of aromatic nitrogens is 4. The van der Waals surface area contributed by atoms with Gasteiger partial charge in [0.2, 0.25) is 0 Å². The van der Waals surface area contributed by atoms with E-state index in [1.165, 1.54) is 19.3 Å². The van der Waals surface area contributed by atoms with E-state index in [0.29, 0.717) is 5.56 Å². The first-order chi connectivity index (χ1) is 17.4. The molecule has 0 N–H and O–H groups in total. The molecule has 1 aliphatic rings. The first kappa shape index (κ1) is 24.0. The van der Waals surface area contributed by atoms with E-state index in [4.69, 9.17) is 0 Å². The number of hydrogen-bond donors (Lipinski definition) is 0. The summed E-state index contributed by atoms with van der Waals surface area (Å²) in [6.45, 7) is 2.03. The quantitative estimate of drug-likeness (QED) is 0.321. The number of anilines is 1. The number of fused-ring (bicyclic) bond motifs is 1. The molecule has 5 rings (SSSR count). The van der Waals surface area contributed by atoms with E-state index in [9.17, 15) is 18.0 Å². The van der Waals surface area contributed by atoms with Crippen LogP contribution in [0.25, 0.3) is 28.2 Å². The number of ketones is 1. The Hall–Kier alpha value is -3.75. The number of benzene rings is 1. The fourth-order valence-corrected chi connectivity index (χ4v) is 4.56. The number of piperidine rings is 1. The van der Waals surface area contributed by atoms with Gasteiger partial charge in [-0.05, 0) is 55.2 Å². The van der Waals surface area contributed by atoms with Crippen molar-refractivity contribution in [1.82, 2.24) is 19.6 Å². The minimum absolute atomic E-state index is 0.0309. The lowest BCUT2D eigenvalue weighted by molar-refractivity contribution is -0.143. The van der Waals surface area contributed by atoms with Crippen LogP contribution in [0.5, 0.6) is 0 Å². The molecule has 1 aromatic carbocycles. The predicted octanol–water partition coefficient (Wildman–Crippen LogP) is 5.90. The van der Waals surface area contributed by atoms with Gasteiger partial charge in [-0.15, -0.1) is 10.2 Å². The van der Waals surface area contributed by atoms with Gasteiger partial charge in [0.25, 0.3) is 0 Å². The smallest absolute Gasteiger partial charge is 0.355 e. The molecule has 0 aliphatic carbocycles. The highest BCUT2D eigenvalue weighted by molar-refractivity contribution is 5.81. The maximum atomic E-state index is 12.4. The van der Waals surface area contributed by atoms with Crippen molar-refractivity contribution >= 4 is 17.2 Å². The first-order valence-electron chi connectivity index (χ1n) is 12.1. The molecule has 186 valence electrons. The number of carbonyl (C=O) groups excluding carboxylic acids is 1. The van der Waals surface area contributed by atoms with Crippen LogP contribution in [0.4, 0.5) is 19.0 Å². The van der Waals surface area contributed by atoms with Gasteiger partial charge in [0, 0.05) is 43.3 Å². The molecule has 0 saturated carbocycles. The van der Waals surface area contributed by atoms with Gasteiger partial charge in [-0.25, -0.2) is 4.98 Å². The summed E-state index contributed by atoms with van der Waals surface area (Å²) in [6, 6.07) is 15.2. The number of Topliss-reactive ketones (excluding diaryl/α,β-unsaturated/α-hetero) is 1. The number of pyridine rings is 1. The minimum atomic E-state index is -4.33. The summed E-state index contributed by atoms with van der Waals surface area (Å²) in [5.41, 5.74) is 4.74. The monoisotopic (exact) mass is 493 g/mol. The number of nitrogens with zero attached hydrogens (tertiary/aromatic N) is 5. The fourth-order valence-electron chi connectivity index (χ4n) is 4.56. The largest absolute Gasteiger partial charge is 0.389 e. The van der Waals surface area contributed by atoms with Crippen molar-refractivity contribution in [2.24, 2.45) is 0 Å². The van der Waals surface area contributed by atoms with E-state index < -0.39 is 24.8 Å². The summed E-state index contributed by atoms with van der Waals surface area (Å²) in [5.74, 6) is 0.471. The Bertz CT molecular complexity index is 1360.